The first-order valence-corrected chi connectivity index (χ1v) is 7.63. The number of carboxylic acids is 1. The van der Waals surface area contributed by atoms with Gasteiger partial charge in [0.2, 0.25) is 5.91 Å². The van der Waals surface area contributed by atoms with Gasteiger partial charge >= 0.3 is 5.97 Å². The lowest BCUT2D eigenvalue weighted by molar-refractivity contribution is -0.121. The van der Waals surface area contributed by atoms with Crippen LogP contribution >= 0.6 is 11.3 Å². The zero-order valence-corrected chi connectivity index (χ0v) is 12.5. The Morgan fingerprint density at radius 3 is 2.48 bits per heavy atom. The number of carbonyl (C=O) groups is 2. The third kappa shape index (κ3) is 4.16. The molecule has 0 aliphatic rings. The van der Waals surface area contributed by atoms with E-state index in [1.54, 1.807) is 23.5 Å². The van der Waals surface area contributed by atoms with Crippen LogP contribution in [0.3, 0.4) is 0 Å². The van der Waals surface area contributed by atoms with E-state index in [-0.39, 0.29) is 23.9 Å². The highest BCUT2D eigenvalue weighted by atomic mass is 32.1. The second-order valence-electron chi connectivity index (χ2n) is 4.72. The number of amides is 1. The van der Waals surface area contributed by atoms with Crippen LogP contribution in [0.25, 0.3) is 0 Å². The number of carboxylic acid groups (broad SMARTS) is 1. The molecule has 2 N–H and O–H groups in total. The minimum absolute atomic E-state index is 0.0378. The maximum atomic E-state index is 12.1. The van der Waals surface area contributed by atoms with Gasteiger partial charge in [0.25, 0.3) is 0 Å². The first-order chi connectivity index (χ1) is 10.1. The Morgan fingerprint density at radius 2 is 1.95 bits per heavy atom. The van der Waals surface area contributed by atoms with Crippen molar-refractivity contribution in [2.75, 3.05) is 0 Å². The van der Waals surface area contributed by atoms with Gasteiger partial charge in [-0.05, 0) is 35.6 Å². The van der Waals surface area contributed by atoms with Crippen molar-refractivity contribution in [1.29, 1.82) is 0 Å². The number of benzene rings is 1. The lowest BCUT2D eigenvalue weighted by Gasteiger charge is -2.15. The van der Waals surface area contributed by atoms with Crippen molar-refractivity contribution in [3.63, 3.8) is 0 Å². The molecule has 1 atom stereocenters. The molecule has 2 rings (SSSR count). The van der Waals surface area contributed by atoms with Crippen LogP contribution in [0.4, 0.5) is 0 Å². The zero-order valence-electron chi connectivity index (χ0n) is 11.7. The predicted octanol–water partition coefficient (Wildman–Crippen LogP) is 3.26. The molecule has 0 fully saturated rings. The molecule has 1 amide bonds. The molecular formula is C16H17NO3S. The standard InChI is InChI=1S/C16H17NO3S/c1-2-13(14-4-3-9-21-14)17-15(18)10-11-5-7-12(8-6-11)16(19)20/h3-9,13H,2,10H2,1H3,(H,17,18)(H,19,20). The van der Waals surface area contributed by atoms with E-state index in [4.69, 9.17) is 5.11 Å². The number of hydrogen-bond acceptors (Lipinski definition) is 3. The van der Waals surface area contributed by atoms with Crippen molar-refractivity contribution in [2.45, 2.75) is 25.8 Å². The fraction of sp³-hybridized carbons (Fsp3) is 0.250. The molecule has 0 aliphatic carbocycles. The van der Waals surface area contributed by atoms with Crippen LogP contribution in [0.2, 0.25) is 0 Å². The van der Waals surface area contributed by atoms with Gasteiger partial charge in [-0.2, -0.15) is 0 Å². The van der Waals surface area contributed by atoms with Crippen LogP contribution in [0, 0.1) is 0 Å². The van der Waals surface area contributed by atoms with Gasteiger partial charge in [-0.3, -0.25) is 4.79 Å². The first kappa shape index (κ1) is 15.3. The number of nitrogens with one attached hydrogen (secondary N) is 1. The van der Waals surface area contributed by atoms with Crippen LogP contribution in [-0.4, -0.2) is 17.0 Å². The summed E-state index contributed by atoms with van der Waals surface area (Å²) >= 11 is 1.63. The highest BCUT2D eigenvalue weighted by Crippen LogP contribution is 2.21. The molecule has 110 valence electrons. The molecule has 0 bridgehead atoms. The lowest BCUT2D eigenvalue weighted by atomic mass is 10.1. The Labute approximate surface area is 127 Å². The largest absolute Gasteiger partial charge is 0.478 e. The van der Waals surface area contributed by atoms with Crippen molar-refractivity contribution in [1.82, 2.24) is 5.32 Å². The SMILES string of the molecule is CCC(NC(=O)Cc1ccc(C(=O)O)cc1)c1cccs1. The second kappa shape index (κ2) is 7.04. The average Bonchev–Trinajstić information content (AvgIpc) is 2.99. The molecule has 1 aromatic carbocycles. The molecule has 1 heterocycles. The van der Waals surface area contributed by atoms with E-state index >= 15 is 0 Å². The maximum absolute atomic E-state index is 12.1. The number of rotatable bonds is 6. The molecular weight excluding hydrogens is 286 g/mol. The minimum atomic E-state index is -0.963. The van der Waals surface area contributed by atoms with E-state index in [1.807, 2.05) is 24.4 Å². The highest BCUT2D eigenvalue weighted by Gasteiger charge is 2.14. The van der Waals surface area contributed by atoms with E-state index in [9.17, 15) is 9.59 Å². The quantitative estimate of drug-likeness (QED) is 0.861. The van der Waals surface area contributed by atoms with Crippen LogP contribution < -0.4 is 5.32 Å². The Morgan fingerprint density at radius 1 is 1.24 bits per heavy atom. The molecule has 0 saturated heterocycles. The van der Waals surface area contributed by atoms with Crippen molar-refractivity contribution in [3.8, 4) is 0 Å². The van der Waals surface area contributed by atoms with Gasteiger partial charge in [-0.15, -0.1) is 11.3 Å². The minimum Gasteiger partial charge on any atom is -0.478 e. The monoisotopic (exact) mass is 303 g/mol. The van der Waals surface area contributed by atoms with Gasteiger partial charge in [-0.25, -0.2) is 4.79 Å². The summed E-state index contributed by atoms with van der Waals surface area (Å²) in [6, 6.07) is 10.4. The smallest absolute Gasteiger partial charge is 0.335 e. The summed E-state index contributed by atoms with van der Waals surface area (Å²) in [6.07, 6.45) is 1.09. The number of thiophene rings is 1. The summed E-state index contributed by atoms with van der Waals surface area (Å²) in [5, 5.41) is 13.8. The van der Waals surface area contributed by atoms with Crippen molar-refractivity contribution < 1.29 is 14.7 Å². The van der Waals surface area contributed by atoms with Crippen LogP contribution in [0.15, 0.2) is 41.8 Å². The topological polar surface area (TPSA) is 66.4 Å². The lowest BCUT2D eigenvalue weighted by Crippen LogP contribution is -2.29. The van der Waals surface area contributed by atoms with Crippen LogP contribution in [0.1, 0.15) is 40.2 Å². The molecule has 1 aromatic heterocycles. The molecule has 0 aliphatic heterocycles. The summed E-state index contributed by atoms with van der Waals surface area (Å²) in [5.41, 5.74) is 1.03. The predicted molar refractivity (Wildman–Crippen MR) is 82.6 cm³/mol. The highest BCUT2D eigenvalue weighted by molar-refractivity contribution is 7.10. The van der Waals surface area contributed by atoms with Gasteiger partial charge in [0.05, 0.1) is 18.0 Å². The van der Waals surface area contributed by atoms with Crippen molar-refractivity contribution in [3.05, 3.63) is 57.8 Å². The second-order valence-corrected chi connectivity index (χ2v) is 5.70. The third-order valence-electron chi connectivity index (χ3n) is 3.20. The molecule has 2 aromatic rings. The molecule has 4 nitrogen and oxygen atoms in total. The average molecular weight is 303 g/mol. The van der Waals surface area contributed by atoms with Crippen molar-refractivity contribution >= 4 is 23.2 Å². The van der Waals surface area contributed by atoms with E-state index in [2.05, 4.69) is 5.32 Å². The molecule has 21 heavy (non-hydrogen) atoms. The summed E-state index contributed by atoms with van der Waals surface area (Å²) in [4.78, 5) is 24.0. The van der Waals surface area contributed by atoms with Gasteiger partial charge < -0.3 is 10.4 Å². The normalized spacial score (nSPS) is 11.9. The van der Waals surface area contributed by atoms with Gasteiger partial charge in [0, 0.05) is 4.88 Å². The molecule has 0 saturated carbocycles. The molecule has 0 radical (unpaired) electrons. The van der Waals surface area contributed by atoms with E-state index in [0.717, 1.165) is 16.9 Å². The maximum Gasteiger partial charge on any atom is 0.335 e. The number of hydrogen-bond donors (Lipinski definition) is 2. The summed E-state index contributed by atoms with van der Waals surface area (Å²) in [5.74, 6) is -1.02. The first-order valence-electron chi connectivity index (χ1n) is 6.75. The van der Waals surface area contributed by atoms with Gasteiger partial charge in [0.1, 0.15) is 0 Å². The van der Waals surface area contributed by atoms with E-state index in [1.165, 1.54) is 12.1 Å². The summed E-state index contributed by atoms with van der Waals surface area (Å²) in [6.45, 7) is 2.03. The Balaban J connectivity index is 1.96. The molecule has 0 spiro atoms. The number of carbonyl (C=O) groups excluding carboxylic acids is 1. The molecule has 1 unspecified atom stereocenters. The fourth-order valence-electron chi connectivity index (χ4n) is 2.06. The Kier molecular flexibility index (Phi) is 5.11. The van der Waals surface area contributed by atoms with Crippen molar-refractivity contribution in [2.24, 2.45) is 0 Å². The van der Waals surface area contributed by atoms with Crippen LogP contribution in [-0.2, 0) is 11.2 Å². The van der Waals surface area contributed by atoms with E-state index in [0.29, 0.717) is 0 Å². The van der Waals surface area contributed by atoms with E-state index < -0.39 is 5.97 Å². The fourth-order valence-corrected chi connectivity index (χ4v) is 2.92. The Bertz CT molecular complexity index is 605. The molecule has 5 heteroatoms. The zero-order chi connectivity index (χ0) is 15.2. The summed E-state index contributed by atoms with van der Waals surface area (Å²) < 4.78 is 0. The summed E-state index contributed by atoms with van der Waals surface area (Å²) in [7, 11) is 0. The third-order valence-corrected chi connectivity index (χ3v) is 4.18. The van der Waals surface area contributed by atoms with Gasteiger partial charge in [-0.1, -0.05) is 25.1 Å². The van der Waals surface area contributed by atoms with Gasteiger partial charge in [0.15, 0.2) is 0 Å². The Hall–Kier alpha value is -2.14. The van der Waals surface area contributed by atoms with Crippen LogP contribution in [0.5, 0.6) is 0 Å². The number of aromatic carboxylic acids is 1.